The second-order valence-corrected chi connectivity index (χ2v) is 4.66. The minimum Gasteiger partial charge on any atom is -0.480 e. The zero-order valence-electron chi connectivity index (χ0n) is 11.0. The van der Waals surface area contributed by atoms with Crippen LogP contribution in [-0.2, 0) is 14.3 Å². The highest BCUT2D eigenvalue weighted by atomic mass is 16.5. The number of aliphatic carboxylic acids is 1. The monoisotopic (exact) mass is 258 g/mol. The van der Waals surface area contributed by atoms with Crippen molar-refractivity contribution >= 4 is 11.9 Å². The van der Waals surface area contributed by atoms with Crippen LogP contribution in [0.25, 0.3) is 0 Å². The van der Waals surface area contributed by atoms with Crippen LogP contribution in [0.5, 0.6) is 0 Å². The van der Waals surface area contributed by atoms with Crippen molar-refractivity contribution < 1.29 is 19.4 Å². The van der Waals surface area contributed by atoms with Crippen molar-refractivity contribution in [3.63, 3.8) is 0 Å². The highest BCUT2D eigenvalue weighted by Crippen LogP contribution is 2.06. The number of likely N-dealkylation sites (N-methyl/N-ethyl adjacent to an activating group) is 1. The quantitative estimate of drug-likeness (QED) is 0.705. The van der Waals surface area contributed by atoms with E-state index in [4.69, 9.17) is 9.84 Å². The van der Waals surface area contributed by atoms with E-state index in [2.05, 4.69) is 5.32 Å². The number of hydrogen-bond acceptors (Lipinski definition) is 4. The number of carboxylic acid groups (broad SMARTS) is 1. The van der Waals surface area contributed by atoms with Gasteiger partial charge in [0.1, 0.15) is 12.1 Å². The lowest BCUT2D eigenvalue weighted by Gasteiger charge is -2.29. The predicted molar refractivity (Wildman–Crippen MR) is 66.3 cm³/mol. The number of nitrogens with one attached hydrogen (secondary N) is 1. The summed E-state index contributed by atoms with van der Waals surface area (Å²) in [7, 11) is 1.91. The van der Waals surface area contributed by atoms with Gasteiger partial charge in [0.05, 0.1) is 6.61 Å². The number of carbonyl (C=O) groups excluding carboxylic acids is 1. The first-order chi connectivity index (χ1) is 8.54. The third kappa shape index (κ3) is 4.62. The van der Waals surface area contributed by atoms with Crippen molar-refractivity contribution in [3.8, 4) is 0 Å². The van der Waals surface area contributed by atoms with Gasteiger partial charge in [-0.15, -0.1) is 0 Å². The normalized spacial score (nSPS) is 22.4. The molecule has 1 aliphatic heterocycles. The molecule has 0 saturated carbocycles. The summed E-state index contributed by atoms with van der Waals surface area (Å²) >= 11 is 0. The molecule has 104 valence electrons. The fourth-order valence-electron chi connectivity index (χ4n) is 1.87. The number of rotatable bonds is 6. The molecular formula is C12H22N2O4. The van der Waals surface area contributed by atoms with Gasteiger partial charge in [-0.05, 0) is 13.5 Å². The highest BCUT2D eigenvalue weighted by Gasteiger charge is 2.28. The molecule has 0 spiro atoms. The maximum absolute atomic E-state index is 11.9. The molecule has 1 unspecified atom stereocenters. The van der Waals surface area contributed by atoms with Crippen molar-refractivity contribution in [1.82, 2.24) is 10.2 Å². The molecule has 0 aromatic heterocycles. The van der Waals surface area contributed by atoms with Gasteiger partial charge in [-0.2, -0.15) is 0 Å². The molecule has 1 fully saturated rings. The van der Waals surface area contributed by atoms with E-state index in [0.717, 1.165) is 19.4 Å². The molecule has 1 aliphatic rings. The summed E-state index contributed by atoms with van der Waals surface area (Å²) in [5.41, 5.74) is 0. The van der Waals surface area contributed by atoms with Crippen molar-refractivity contribution in [3.05, 3.63) is 0 Å². The van der Waals surface area contributed by atoms with E-state index >= 15 is 0 Å². The van der Waals surface area contributed by atoms with Gasteiger partial charge < -0.3 is 20.1 Å². The zero-order chi connectivity index (χ0) is 13.5. The molecule has 1 heterocycles. The summed E-state index contributed by atoms with van der Waals surface area (Å²) in [6.45, 7) is 3.79. The van der Waals surface area contributed by atoms with Crippen molar-refractivity contribution in [2.75, 3.05) is 26.7 Å². The molecule has 1 amide bonds. The molecule has 0 aromatic rings. The van der Waals surface area contributed by atoms with E-state index in [1.165, 1.54) is 0 Å². The maximum Gasteiger partial charge on any atom is 0.326 e. The third-order valence-corrected chi connectivity index (χ3v) is 3.02. The Labute approximate surface area is 107 Å². The number of carbonyl (C=O) groups is 2. The third-order valence-electron chi connectivity index (χ3n) is 3.02. The Hall–Kier alpha value is -1.14. The molecule has 6 heteroatoms. The second-order valence-electron chi connectivity index (χ2n) is 4.66. The molecule has 0 bridgehead atoms. The van der Waals surface area contributed by atoms with Gasteiger partial charge in [0.25, 0.3) is 5.91 Å². The molecule has 2 N–H and O–H groups in total. The van der Waals surface area contributed by atoms with Crippen LogP contribution < -0.4 is 5.32 Å². The Morgan fingerprint density at radius 2 is 2.28 bits per heavy atom. The molecule has 6 nitrogen and oxygen atoms in total. The van der Waals surface area contributed by atoms with E-state index in [9.17, 15) is 9.59 Å². The van der Waals surface area contributed by atoms with E-state index < -0.39 is 18.1 Å². The Morgan fingerprint density at radius 3 is 2.83 bits per heavy atom. The molecule has 18 heavy (non-hydrogen) atoms. The Kier molecular flexibility index (Phi) is 6.07. The Balaban J connectivity index is 2.46. The van der Waals surface area contributed by atoms with Gasteiger partial charge >= 0.3 is 5.97 Å². The standard InChI is InChI=1S/C12H22N2O4/c1-3-4-5-9(12(16)17)13-11(15)10-8-14(2)6-7-18-10/h9-10H,3-8H2,1-2H3,(H,13,15)(H,16,17)/t9-,10?/m0/s1. The highest BCUT2D eigenvalue weighted by molar-refractivity contribution is 5.86. The topological polar surface area (TPSA) is 78.9 Å². The number of amides is 1. The Bertz CT molecular complexity index is 296. The summed E-state index contributed by atoms with van der Waals surface area (Å²) < 4.78 is 5.35. The average molecular weight is 258 g/mol. The first-order valence-electron chi connectivity index (χ1n) is 6.38. The lowest BCUT2D eigenvalue weighted by molar-refractivity contribution is -0.146. The summed E-state index contributed by atoms with van der Waals surface area (Å²) in [6, 6.07) is -0.812. The number of nitrogens with zero attached hydrogens (tertiary/aromatic N) is 1. The molecule has 1 saturated heterocycles. The van der Waals surface area contributed by atoms with Crippen molar-refractivity contribution in [2.24, 2.45) is 0 Å². The molecule has 1 rings (SSSR count). The van der Waals surface area contributed by atoms with Crippen LogP contribution in [0.2, 0.25) is 0 Å². The lowest BCUT2D eigenvalue weighted by Crippen LogP contribution is -2.52. The van der Waals surface area contributed by atoms with Crippen LogP contribution in [0, 0.1) is 0 Å². The van der Waals surface area contributed by atoms with Gasteiger partial charge in [0.2, 0.25) is 0 Å². The van der Waals surface area contributed by atoms with Crippen LogP contribution in [0.4, 0.5) is 0 Å². The average Bonchev–Trinajstić information content (AvgIpc) is 2.33. The van der Waals surface area contributed by atoms with Crippen LogP contribution in [0.3, 0.4) is 0 Å². The van der Waals surface area contributed by atoms with Crippen LogP contribution >= 0.6 is 0 Å². The van der Waals surface area contributed by atoms with E-state index in [1.807, 2.05) is 18.9 Å². The van der Waals surface area contributed by atoms with Crippen LogP contribution in [-0.4, -0.2) is 60.8 Å². The van der Waals surface area contributed by atoms with E-state index in [-0.39, 0.29) is 5.91 Å². The summed E-state index contributed by atoms with van der Waals surface area (Å²) in [6.07, 6.45) is 1.58. The number of ether oxygens (including phenoxy) is 1. The van der Waals surface area contributed by atoms with Crippen LogP contribution in [0.15, 0.2) is 0 Å². The van der Waals surface area contributed by atoms with Gasteiger partial charge in [-0.1, -0.05) is 19.8 Å². The van der Waals surface area contributed by atoms with Gasteiger partial charge in [-0.25, -0.2) is 4.79 Å². The molecule has 0 aromatic carbocycles. The van der Waals surface area contributed by atoms with Crippen LogP contribution in [0.1, 0.15) is 26.2 Å². The molecular weight excluding hydrogens is 236 g/mol. The minimum absolute atomic E-state index is 0.329. The first-order valence-corrected chi connectivity index (χ1v) is 6.38. The first kappa shape index (κ1) is 14.9. The molecule has 0 aliphatic carbocycles. The lowest BCUT2D eigenvalue weighted by atomic mass is 10.1. The fraction of sp³-hybridized carbons (Fsp3) is 0.833. The SMILES string of the molecule is CCCC[C@H](NC(=O)C1CN(C)CCO1)C(=O)O. The molecule has 0 radical (unpaired) electrons. The van der Waals surface area contributed by atoms with Gasteiger partial charge in [0.15, 0.2) is 0 Å². The van der Waals surface area contributed by atoms with E-state index in [0.29, 0.717) is 19.6 Å². The summed E-state index contributed by atoms with van der Waals surface area (Å²) in [5, 5.41) is 11.6. The number of unbranched alkanes of at least 4 members (excludes halogenated alkanes) is 1. The van der Waals surface area contributed by atoms with Crippen molar-refractivity contribution in [1.29, 1.82) is 0 Å². The summed E-state index contributed by atoms with van der Waals surface area (Å²) in [5.74, 6) is -1.31. The van der Waals surface area contributed by atoms with Gasteiger partial charge in [0, 0.05) is 13.1 Å². The predicted octanol–water partition coefficient (Wildman–Crippen LogP) is 0.0766. The fourth-order valence-corrected chi connectivity index (χ4v) is 1.87. The second kappa shape index (κ2) is 7.33. The molecule has 2 atom stereocenters. The van der Waals surface area contributed by atoms with Gasteiger partial charge in [-0.3, -0.25) is 4.79 Å². The summed E-state index contributed by atoms with van der Waals surface area (Å²) in [4.78, 5) is 24.9. The number of carboxylic acids is 1. The van der Waals surface area contributed by atoms with Crippen molar-refractivity contribution in [2.45, 2.75) is 38.3 Å². The number of hydrogen-bond donors (Lipinski definition) is 2. The smallest absolute Gasteiger partial charge is 0.326 e. The zero-order valence-corrected chi connectivity index (χ0v) is 11.0. The van der Waals surface area contributed by atoms with E-state index in [1.54, 1.807) is 0 Å². The minimum atomic E-state index is -0.985. The Morgan fingerprint density at radius 1 is 1.56 bits per heavy atom. The maximum atomic E-state index is 11.9. The largest absolute Gasteiger partial charge is 0.480 e. The number of morpholine rings is 1.